The predicted molar refractivity (Wildman–Crippen MR) is 57.9 cm³/mol. The summed E-state index contributed by atoms with van der Waals surface area (Å²) >= 11 is 0. The molecule has 0 saturated heterocycles. The van der Waals surface area contributed by atoms with E-state index < -0.39 is 0 Å². The highest BCUT2D eigenvalue weighted by molar-refractivity contribution is 5.85. The molecule has 76 valence electrons. The highest BCUT2D eigenvalue weighted by atomic mass is 16.5. The zero-order valence-corrected chi connectivity index (χ0v) is 8.25. The standard InChI is InChI=1S/C12H11NO2/c14-12-10-4-2-1-3-8(10)9-5-6-15-7-11(9)13-12/h1-4H,5-7H2,(H,13,14). The van der Waals surface area contributed by atoms with Crippen LogP contribution in [0.1, 0.15) is 11.3 Å². The van der Waals surface area contributed by atoms with Crippen molar-refractivity contribution in [1.82, 2.24) is 4.98 Å². The third-order valence-corrected chi connectivity index (χ3v) is 2.87. The molecule has 0 saturated carbocycles. The summed E-state index contributed by atoms with van der Waals surface area (Å²) in [7, 11) is 0. The first kappa shape index (κ1) is 8.68. The first-order chi connectivity index (χ1) is 7.36. The summed E-state index contributed by atoms with van der Waals surface area (Å²) in [5.74, 6) is 0. The van der Waals surface area contributed by atoms with E-state index >= 15 is 0 Å². The Labute approximate surface area is 86.7 Å². The maximum Gasteiger partial charge on any atom is 0.256 e. The zero-order chi connectivity index (χ0) is 10.3. The van der Waals surface area contributed by atoms with Crippen LogP contribution in [0, 0.1) is 0 Å². The first-order valence-corrected chi connectivity index (χ1v) is 5.07. The van der Waals surface area contributed by atoms with Gasteiger partial charge in [-0.05, 0) is 23.4 Å². The Morgan fingerprint density at radius 1 is 1.20 bits per heavy atom. The van der Waals surface area contributed by atoms with E-state index in [0.717, 1.165) is 29.5 Å². The number of aromatic nitrogens is 1. The minimum absolute atomic E-state index is 0.0187. The van der Waals surface area contributed by atoms with Gasteiger partial charge in [0, 0.05) is 11.1 Å². The van der Waals surface area contributed by atoms with Crippen LogP contribution < -0.4 is 5.56 Å². The van der Waals surface area contributed by atoms with Crippen molar-refractivity contribution >= 4 is 10.8 Å². The molecular weight excluding hydrogens is 190 g/mol. The van der Waals surface area contributed by atoms with Crippen LogP contribution in [0.25, 0.3) is 10.8 Å². The molecule has 2 aromatic rings. The number of fused-ring (bicyclic) bond motifs is 3. The molecule has 0 bridgehead atoms. The van der Waals surface area contributed by atoms with Crippen molar-refractivity contribution in [2.75, 3.05) is 6.61 Å². The Kier molecular flexibility index (Phi) is 1.86. The van der Waals surface area contributed by atoms with Crippen LogP contribution in [0.4, 0.5) is 0 Å². The number of H-pyrrole nitrogens is 1. The van der Waals surface area contributed by atoms with E-state index in [1.165, 1.54) is 5.56 Å². The van der Waals surface area contributed by atoms with Gasteiger partial charge in [0.25, 0.3) is 5.56 Å². The van der Waals surface area contributed by atoms with E-state index in [4.69, 9.17) is 4.74 Å². The highest BCUT2D eigenvalue weighted by Gasteiger charge is 2.14. The summed E-state index contributed by atoms with van der Waals surface area (Å²) in [5.41, 5.74) is 2.15. The van der Waals surface area contributed by atoms with E-state index in [9.17, 15) is 4.79 Å². The van der Waals surface area contributed by atoms with Crippen molar-refractivity contribution in [1.29, 1.82) is 0 Å². The number of hydrogen-bond donors (Lipinski definition) is 1. The van der Waals surface area contributed by atoms with Crippen LogP contribution in [-0.2, 0) is 17.8 Å². The van der Waals surface area contributed by atoms with E-state index in [2.05, 4.69) is 4.98 Å². The minimum Gasteiger partial charge on any atom is -0.375 e. The number of ether oxygens (including phenoxy) is 1. The highest BCUT2D eigenvalue weighted by Crippen LogP contribution is 2.21. The minimum atomic E-state index is -0.0187. The van der Waals surface area contributed by atoms with Crippen molar-refractivity contribution in [3.63, 3.8) is 0 Å². The van der Waals surface area contributed by atoms with Crippen LogP contribution in [0.2, 0.25) is 0 Å². The Balaban J connectivity index is 2.45. The Morgan fingerprint density at radius 3 is 2.87 bits per heavy atom. The molecule has 3 nitrogen and oxygen atoms in total. The normalized spacial score (nSPS) is 15.2. The second-order valence-electron chi connectivity index (χ2n) is 3.76. The number of nitrogens with one attached hydrogen (secondary N) is 1. The van der Waals surface area contributed by atoms with Gasteiger partial charge < -0.3 is 9.72 Å². The third-order valence-electron chi connectivity index (χ3n) is 2.87. The van der Waals surface area contributed by atoms with Gasteiger partial charge in [0.15, 0.2) is 0 Å². The maximum absolute atomic E-state index is 11.7. The van der Waals surface area contributed by atoms with E-state index in [0.29, 0.717) is 6.61 Å². The zero-order valence-electron chi connectivity index (χ0n) is 8.25. The van der Waals surface area contributed by atoms with Gasteiger partial charge in [0.05, 0.1) is 13.2 Å². The first-order valence-electron chi connectivity index (χ1n) is 5.07. The molecule has 0 amide bonds. The average molecular weight is 201 g/mol. The topological polar surface area (TPSA) is 42.1 Å². The van der Waals surface area contributed by atoms with E-state index in [1.54, 1.807) is 0 Å². The molecule has 0 unspecified atom stereocenters. The third kappa shape index (κ3) is 1.27. The molecule has 0 aliphatic carbocycles. The molecule has 0 fully saturated rings. The molecule has 0 spiro atoms. The lowest BCUT2D eigenvalue weighted by atomic mass is 10.0. The quantitative estimate of drug-likeness (QED) is 0.703. The Hall–Kier alpha value is -1.61. The number of hydrogen-bond acceptors (Lipinski definition) is 2. The molecular formula is C12H11NO2. The molecule has 3 heteroatoms. The van der Waals surface area contributed by atoms with Crippen molar-refractivity contribution in [3.8, 4) is 0 Å². The monoisotopic (exact) mass is 201 g/mol. The van der Waals surface area contributed by atoms with Gasteiger partial charge >= 0.3 is 0 Å². The summed E-state index contributed by atoms with van der Waals surface area (Å²) in [4.78, 5) is 14.6. The largest absolute Gasteiger partial charge is 0.375 e. The molecule has 15 heavy (non-hydrogen) atoms. The molecule has 2 heterocycles. The second kappa shape index (κ2) is 3.21. The number of rotatable bonds is 0. The Morgan fingerprint density at radius 2 is 2.00 bits per heavy atom. The van der Waals surface area contributed by atoms with Gasteiger partial charge in [-0.3, -0.25) is 4.79 Å². The lowest BCUT2D eigenvalue weighted by Gasteiger charge is -2.17. The second-order valence-corrected chi connectivity index (χ2v) is 3.76. The van der Waals surface area contributed by atoms with Crippen molar-refractivity contribution in [3.05, 3.63) is 45.9 Å². The van der Waals surface area contributed by atoms with Crippen LogP contribution in [0.3, 0.4) is 0 Å². The van der Waals surface area contributed by atoms with Crippen molar-refractivity contribution < 1.29 is 4.74 Å². The summed E-state index contributed by atoms with van der Waals surface area (Å²) in [5, 5.41) is 1.85. The molecule has 1 aliphatic heterocycles. The fourth-order valence-electron chi connectivity index (χ4n) is 2.14. The number of benzene rings is 1. The molecule has 0 radical (unpaired) electrons. The van der Waals surface area contributed by atoms with Gasteiger partial charge in [-0.25, -0.2) is 0 Å². The lowest BCUT2D eigenvalue weighted by molar-refractivity contribution is 0.108. The molecule has 0 atom stereocenters. The van der Waals surface area contributed by atoms with Gasteiger partial charge in [-0.1, -0.05) is 18.2 Å². The van der Waals surface area contributed by atoms with Gasteiger partial charge in [0.2, 0.25) is 0 Å². The van der Waals surface area contributed by atoms with Gasteiger partial charge in [0.1, 0.15) is 0 Å². The van der Waals surface area contributed by atoms with Crippen LogP contribution in [0.15, 0.2) is 29.1 Å². The van der Waals surface area contributed by atoms with Gasteiger partial charge in [-0.2, -0.15) is 0 Å². The number of pyridine rings is 1. The summed E-state index contributed by atoms with van der Waals surface area (Å²) < 4.78 is 5.33. The van der Waals surface area contributed by atoms with Crippen molar-refractivity contribution in [2.45, 2.75) is 13.0 Å². The Bertz CT molecular complexity index is 571. The average Bonchev–Trinajstić information content (AvgIpc) is 2.30. The van der Waals surface area contributed by atoms with Crippen LogP contribution in [0.5, 0.6) is 0 Å². The van der Waals surface area contributed by atoms with Crippen molar-refractivity contribution in [2.24, 2.45) is 0 Å². The lowest BCUT2D eigenvalue weighted by Crippen LogP contribution is -2.18. The molecule has 1 aliphatic rings. The summed E-state index contributed by atoms with van der Waals surface area (Å²) in [6.45, 7) is 1.26. The summed E-state index contributed by atoms with van der Waals surface area (Å²) in [6, 6.07) is 7.74. The fraction of sp³-hybridized carbons (Fsp3) is 0.250. The molecule has 1 aromatic carbocycles. The molecule has 1 aromatic heterocycles. The number of aromatic amines is 1. The van der Waals surface area contributed by atoms with E-state index in [1.807, 2.05) is 24.3 Å². The molecule has 3 rings (SSSR count). The predicted octanol–water partition coefficient (Wildman–Crippen LogP) is 1.60. The van der Waals surface area contributed by atoms with Crippen LogP contribution >= 0.6 is 0 Å². The molecule has 1 N–H and O–H groups in total. The van der Waals surface area contributed by atoms with E-state index in [-0.39, 0.29) is 5.56 Å². The summed E-state index contributed by atoms with van der Waals surface area (Å²) in [6.07, 6.45) is 0.882. The van der Waals surface area contributed by atoms with Crippen LogP contribution in [-0.4, -0.2) is 11.6 Å². The fourth-order valence-corrected chi connectivity index (χ4v) is 2.14. The SMILES string of the molecule is O=c1[nH]c2c(c3ccccc13)CCOC2. The van der Waals surface area contributed by atoms with Gasteiger partial charge in [-0.15, -0.1) is 0 Å². The smallest absolute Gasteiger partial charge is 0.256 e. The maximum atomic E-state index is 11.7.